The lowest BCUT2D eigenvalue weighted by molar-refractivity contribution is -0.119. The number of benzene rings is 1. The lowest BCUT2D eigenvalue weighted by Gasteiger charge is -2.23. The number of hydrogen-bond donors (Lipinski definition) is 1. The summed E-state index contributed by atoms with van der Waals surface area (Å²) in [6, 6.07) is 9.94. The summed E-state index contributed by atoms with van der Waals surface area (Å²) in [6.45, 7) is 4.04. The van der Waals surface area contributed by atoms with E-state index in [-0.39, 0.29) is 11.3 Å². The van der Waals surface area contributed by atoms with Gasteiger partial charge in [0.05, 0.1) is 0 Å². The molecule has 0 unspecified atom stereocenters. The van der Waals surface area contributed by atoms with Gasteiger partial charge in [-0.05, 0) is 11.0 Å². The Hall–Kier alpha value is -1.31. The Balaban J connectivity index is 2.87. The summed E-state index contributed by atoms with van der Waals surface area (Å²) >= 11 is 0. The van der Waals surface area contributed by atoms with Gasteiger partial charge in [0, 0.05) is 6.42 Å². The van der Waals surface area contributed by atoms with Crippen LogP contribution in [0.25, 0.3) is 0 Å². The normalized spacial score (nSPS) is 11.2. The van der Waals surface area contributed by atoms with Gasteiger partial charge in [0.15, 0.2) is 0 Å². The zero-order chi connectivity index (χ0) is 9.90. The Morgan fingerprint density at radius 3 is 2.31 bits per heavy atom. The minimum Gasteiger partial charge on any atom is -0.370 e. The first-order valence-electron chi connectivity index (χ1n) is 4.36. The van der Waals surface area contributed by atoms with Crippen molar-refractivity contribution in [1.29, 1.82) is 0 Å². The number of hydrogen-bond acceptors (Lipinski definition) is 1. The average Bonchev–Trinajstić information content (AvgIpc) is 2.04. The van der Waals surface area contributed by atoms with Crippen LogP contribution >= 0.6 is 0 Å². The van der Waals surface area contributed by atoms with Gasteiger partial charge in [-0.1, -0.05) is 44.2 Å². The first-order valence-corrected chi connectivity index (χ1v) is 4.36. The molecule has 0 spiro atoms. The molecule has 2 heteroatoms. The summed E-state index contributed by atoms with van der Waals surface area (Å²) < 4.78 is 0. The molecule has 0 bridgehead atoms. The van der Waals surface area contributed by atoms with Crippen LogP contribution in [-0.2, 0) is 10.2 Å². The Bertz CT molecular complexity index is 290. The summed E-state index contributed by atoms with van der Waals surface area (Å²) in [6.07, 6.45) is 0.386. The van der Waals surface area contributed by atoms with E-state index < -0.39 is 0 Å². The van der Waals surface area contributed by atoms with Crippen LogP contribution in [0.4, 0.5) is 0 Å². The number of nitrogens with two attached hydrogens (primary N) is 1. The lowest BCUT2D eigenvalue weighted by Crippen LogP contribution is -2.25. The third kappa shape index (κ3) is 2.58. The maximum atomic E-state index is 10.8. The first kappa shape index (κ1) is 9.78. The zero-order valence-corrected chi connectivity index (χ0v) is 8.08. The molecule has 0 aliphatic rings. The van der Waals surface area contributed by atoms with E-state index in [1.807, 2.05) is 44.2 Å². The van der Waals surface area contributed by atoms with Crippen LogP contribution in [0.3, 0.4) is 0 Å². The van der Waals surface area contributed by atoms with Crippen molar-refractivity contribution in [1.82, 2.24) is 0 Å². The fraction of sp³-hybridized carbons (Fsp3) is 0.364. The Labute approximate surface area is 78.8 Å². The smallest absolute Gasteiger partial charge is 0.218 e. The minimum atomic E-state index is -0.256. The van der Waals surface area contributed by atoms with Crippen molar-refractivity contribution in [3.05, 3.63) is 35.9 Å². The fourth-order valence-corrected chi connectivity index (χ4v) is 1.43. The van der Waals surface area contributed by atoms with Crippen molar-refractivity contribution >= 4 is 5.91 Å². The average molecular weight is 177 g/mol. The predicted molar refractivity (Wildman–Crippen MR) is 53.3 cm³/mol. The van der Waals surface area contributed by atoms with Gasteiger partial charge in [-0.15, -0.1) is 0 Å². The molecule has 1 aromatic rings. The molecule has 0 aliphatic heterocycles. The first-order chi connectivity index (χ1) is 6.02. The molecule has 0 aliphatic carbocycles. The molecular formula is C11H15NO. The molecule has 1 rings (SSSR count). The van der Waals surface area contributed by atoms with Crippen LogP contribution in [0.5, 0.6) is 0 Å². The van der Waals surface area contributed by atoms with E-state index in [4.69, 9.17) is 5.73 Å². The lowest BCUT2D eigenvalue weighted by atomic mass is 9.81. The van der Waals surface area contributed by atoms with Crippen molar-refractivity contribution in [2.75, 3.05) is 0 Å². The second kappa shape index (κ2) is 3.60. The van der Waals surface area contributed by atoms with Gasteiger partial charge in [0.1, 0.15) is 0 Å². The van der Waals surface area contributed by atoms with E-state index in [1.54, 1.807) is 0 Å². The number of primary amides is 1. The molecule has 0 aromatic heterocycles. The number of carbonyl (C=O) groups is 1. The largest absolute Gasteiger partial charge is 0.370 e. The molecule has 0 fully saturated rings. The van der Waals surface area contributed by atoms with Gasteiger partial charge in [0.25, 0.3) is 0 Å². The van der Waals surface area contributed by atoms with Crippen molar-refractivity contribution in [3.8, 4) is 0 Å². The predicted octanol–water partition coefficient (Wildman–Crippen LogP) is 1.84. The van der Waals surface area contributed by atoms with Crippen LogP contribution in [0, 0.1) is 0 Å². The molecule has 70 valence electrons. The zero-order valence-electron chi connectivity index (χ0n) is 8.08. The fourth-order valence-electron chi connectivity index (χ4n) is 1.43. The molecule has 2 nitrogen and oxygen atoms in total. The molecule has 13 heavy (non-hydrogen) atoms. The highest BCUT2D eigenvalue weighted by atomic mass is 16.1. The maximum Gasteiger partial charge on any atom is 0.218 e. The summed E-state index contributed by atoms with van der Waals surface area (Å²) in [4.78, 5) is 10.8. The van der Waals surface area contributed by atoms with Crippen molar-refractivity contribution < 1.29 is 4.79 Å². The van der Waals surface area contributed by atoms with E-state index in [2.05, 4.69) is 0 Å². The van der Waals surface area contributed by atoms with Crippen LogP contribution in [0.1, 0.15) is 25.8 Å². The molecule has 0 saturated carbocycles. The Kier molecular flexibility index (Phi) is 2.71. The van der Waals surface area contributed by atoms with Gasteiger partial charge < -0.3 is 5.73 Å². The summed E-state index contributed by atoms with van der Waals surface area (Å²) in [5.74, 6) is -0.256. The van der Waals surface area contributed by atoms with Gasteiger partial charge in [-0.2, -0.15) is 0 Å². The van der Waals surface area contributed by atoms with Gasteiger partial charge in [0.2, 0.25) is 5.91 Å². The summed E-state index contributed by atoms with van der Waals surface area (Å²) in [7, 11) is 0. The summed E-state index contributed by atoms with van der Waals surface area (Å²) in [5, 5.41) is 0. The van der Waals surface area contributed by atoms with Gasteiger partial charge in [-0.25, -0.2) is 0 Å². The van der Waals surface area contributed by atoms with Crippen LogP contribution in [0.2, 0.25) is 0 Å². The monoisotopic (exact) mass is 177 g/mol. The third-order valence-corrected chi connectivity index (χ3v) is 2.17. The van der Waals surface area contributed by atoms with E-state index in [0.29, 0.717) is 6.42 Å². The van der Waals surface area contributed by atoms with Crippen molar-refractivity contribution in [3.63, 3.8) is 0 Å². The quantitative estimate of drug-likeness (QED) is 0.752. The Morgan fingerprint density at radius 1 is 1.31 bits per heavy atom. The molecular weight excluding hydrogens is 162 g/mol. The third-order valence-electron chi connectivity index (χ3n) is 2.17. The summed E-state index contributed by atoms with van der Waals surface area (Å²) in [5.41, 5.74) is 6.16. The molecule has 1 amide bonds. The number of amides is 1. The van der Waals surface area contributed by atoms with Crippen LogP contribution in [-0.4, -0.2) is 5.91 Å². The van der Waals surface area contributed by atoms with Crippen LogP contribution in [0.15, 0.2) is 30.3 Å². The minimum absolute atomic E-state index is 0.160. The second-order valence-electron chi connectivity index (χ2n) is 3.89. The molecule has 0 atom stereocenters. The van der Waals surface area contributed by atoms with E-state index >= 15 is 0 Å². The number of rotatable bonds is 3. The van der Waals surface area contributed by atoms with E-state index in [0.717, 1.165) is 5.56 Å². The van der Waals surface area contributed by atoms with Gasteiger partial charge >= 0.3 is 0 Å². The van der Waals surface area contributed by atoms with E-state index in [1.165, 1.54) is 0 Å². The van der Waals surface area contributed by atoms with Crippen molar-refractivity contribution in [2.24, 2.45) is 5.73 Å². The van der Waals surface area contributed by atoms with Gasteiger partial charge in [-0.3, -0.25) is 4.79 Å². The van der Waals surface area contributed by atoms with Crippen molar-refractivity contribution in [2.45, 2.75) is 25.7 Å². The molecule has 2 N–H and O–H groups in total. The number of carbonyl (C=O) groups excluding carboxylic acids is 1. The van der Waals surface area contributed by atoms with E-state index in [9.17, 15) is 4.79 Å². The maximum absolute atomic E-state index is 10.8. The molecule has 0 radical (unpaired) electrons. The SMILES string of the molecule is CC(C)(CC(N)=O)c1ccccc1. The van der Waals surface area contributed by atoms with Crippen LogP contribution < -0.4 is 5.73 Å². The highest BCUT2D eigenvalue weighted by molar-refractivity contribution is 5.75. The standard InChI is InChI=1S/C11H15NO/c1-11(2,8-10(12)13)9-6-4-3-5-7-9/h3-7H,8H2,1-2H3,(H2,12,13). The topological polar surface area (TPSA) is 43.1 Å². The second-order valence-corrected chi connectivity index (χ2v) is 3.89. The highest BCUT2D eigenvalue weighted by Gasteiger charge is 2.22. The molecule has 0 heterocycles. The Morgan fingerprint density at radius 2 is 1.85 bits per heavy atom. The molecule has 0 saturated heterocycles. The highest BCUT2D eigenvalue weighted by Crippen LogP contribution is 2.25. The molecule has 1 aromatic carbocycles.